The largest absolute Gasteiger partial charge is 0.495 e. The van der Waals surface area contributed by atoms with Crippen LogP contribution >= 0.6 is 11.6 Å². The third-order valence-electron chi connectivity index (χ3n) is 5.28. The standard InChI is InChI=1S/C22H21ClFN3O3/c1-12-19(21(28)25-17-9-6-14(23)11-18(17)30-2)20(13-4-3-5-15(24)10-13)26-22(29)27(12)16-7-8-16/h3-6,9-11,16,20H,7-8H2,1-2H3,(H,25,28)(H,26,29)/t20-/m1/s1. The van der Waals surface area contributed by atoms with E-state index in [4.69, 9.17) is 16.3 Å². The Morgan fingerprint density at radius 1 is 1.27 bits per heavy atom. The SMILES string of the molecule is COc1cc(Cl)ccc1NC(=O)C1=C(C)N(C2CC2)C(=O)N[C@@H]1c1cccc(F)c1. The lowest BCUT2D eigenvalue weighted by molar-refractivity contribution is -0.113. The van der Waals surface area contributed by atoms with E-state index in [9.17, 15) is 14.0 Å². The van der Waals surface area contributed by atoms with E-state index in [0.29, 0.717) is 33.3 Å². The number of rotatable bonds is 5. The Morgan fingerprint density at radius 2 is 2.03 bits per heavy atom. The van der Waals surface area contributed by atoms with Gasteiger partial charge in [-0.05, 0) is 49.6 Å². The first-order chi connectivity index (χ1) is 14.4. The second-order valence-corrected chi connectivity index (χ2v) is 7.77. The van der Waals surface area contributed by atoms with E-state index < -0.39 is 17.8 Å². The molecule has 3 amide bonds. The van der Waals surface area contributed by atoms with Crippen LogP contribution in [0.3, 0.4) is 0 Å². The highest BCUT2D eigenvalue weighted by atomic mass is 35.5. The Kier molecular flexibility index (Phi) is 5.39. The average Bonchev–Trinajstić information content (AvgIpc) is 3.53. The van der Waals surface area contributed by atoms with Crippen molar-refractivity contribution in [1.29, 1.82) is 0 Å². The van der Waals surface area contributed by atoms with Gasteiger partial charge < -0.3 is 15.4 Å². The van der Waals surface area contributed by atoms with Crippen LogP contribution in [-0.2, 0) is 4.79 Å². The number of allylic oxidation sites excluding steroid dienone is 1. The van der Waals surface area contributed by atoms with Gasteiger partial charge in [0.15, 0.2) is 0 Å². The maximum atomic E-state index is 13.9. The van der Waals surface area contributed by atoms with Crippen LogP contribution in [0.5, 0.6) is 5.75 Å². The fourth-order valence-corrected chi connectivity index (χ4v) is 3.88. The maximum absolute atomic E-state index is 13.9. The first-order valence-corrected chi connectivity index (χ1v) is 9.97. The van der Waals surface area contributed by atoms with Crippen molar-refractivity contribution in [3.05, 3.63) is 70.1 Å². The first-order valence-electron chi connectivity index (χ1n) is 9.60. The summed E-state index contributed by atoms with van der Waals surface area (Å²) in [6, 6.07) is 9.78. The normalized spacial score (nSPS) is 18.9. The number of amides is 3. The van der Waals surface area contributed by atoms with Crippen molar-refractivity contribution in [2.45, 2.75) is 31.8 Å². The number of halogens is 2. The van der Waals surface area contributed by atoms with Gasteiger partial charge in [0.1, 0.15) is 11.6 Å². The summed E-state index contributed by atoms with van der Waals surface area (Å²) in [5, 5.41) is 6.19. The van der Waals surface area contributed by atoms with E-state index >= 15 is 0 Å². The monoisotopic (exact) mass is 429 g/mol. The lowest BCUT2D eigenvalue weighted by Crippen LogP contribution is -2.49. The quantitative estimate of drug-likeness (QED) is 0.728. The van der Waals surface area contributed by atoms with Crippen molar-refractivity contribution in [2.24, 2.45) is 0 Å². The Morgan fingerprint density at radius 3 is 2.70 bits per heavy atom. The van der Waals surface area contributed by atoms with Crippen molar-refractivity contribution in [1.82, 2.24) is 10.2 Å². The fraction of sp³-hybridized carbons (Fsp3) is 0.273. The Hall–Kier alpha value is -3.06. The van der Waals surface area contributed by atoms with Gasteiger partial charge in [-0.15, -0.1) is 0 Å². The second kappa shape index (κ2) is 7.99. The van der Waals surface area contributed by atoms with Crippen molar-refractivity contribution >= 4 is 29.2 Å². The Balaban J connectivity index is 1.75. The topological polar surface area (TPSA) is 70.7 Å². The number of carbonyl (C=O) groups excluding carboxylic acids is 2. The van der Waals surface area contributed by atoms with Gasteiger partial charge in [-0.2, -0.15) is 0 Å². The molecule has 8 heteroatoms. The molecule has 0 radical (unpaired) electrons. The van der Waals surface area contributed by atoms with Crippen LogP contribution in [0.15, 0.2) is 53.7 Å². The van der Waals surface area contributed by atoms with Crippen LogP contribution in [0, 0.1) is 5.82 Å². The number of methoxy groups -OCH3 is 1. The van der Waals surface area contributed by atoms with E-state index in [1.807, 2.05) is 0 Å². The molecule has 156 valence electrons. The summed E-state index contributed by atoms with van der Waals surface area (Å²) in [7, 11) is 1.48. The number of anilines is 1. The minimum atomic E-state index is -0.776. The minimum absolute atomic E-state index is 0.0753. The molecule has 2 aliphatic rings. The fourth-order valence-electron chi connectivity index (χ4n) is 3.72. The van der Waals surface area contributed by atoms with Gasteiger partial charge in [0.25, 0.3) is 5.91 Å². The summed E-state index contributed by atoms with van der Waals surface area (Å²) in [5.74, 6) is -0.438. The smallest absolute Gasteiger partial charge is 0.322 e. The summed E-state index contributed by atoms with van der Waals surface area (Å²) in [6.07, 6.45) is 1.77. The Labute approximate surface area is 178 Å². The van der Waals surface area contributed by atoms with Crippen molar-refractivity contribution < 1.29 is 18.7 Å². The first kappa shape index (κ1) is 20.2. The number of nitrogens with one attached hydrogen (secondary N) is 2. The van der Waals surface area contributed by atoms with Crippen molar-refractivity contribution in [3.8, 4) is 5.75 Å². The summed E-state index contributed by atoms with van der Waals surface area (Å²) in [4.78, 5) is 27.7. The highest BCUT2D eigenvalue weighted by Gasteiger charge is 2.42. The van der Waals surface area contributed by atoms with E-state index in [0.717, 1.165) is 12.8 Å². The second-order valence-electron chi connectivity index (χ2n) is 7.34. The molecule has 1 aliphatic heterocycles. The molecule has 30 heavy (non-hydrogen) atoms. The molecule has 2 N–H and O–H groups in total. The molecule has 2 aromatic rings. The van der Waals surface area contributed by atoms with E-state index in [1.165, 1.54) is 19.2 Å². The zero-order valence-electron chi connectivity index (χ0n) is 16.5. The Bertz CT molecular complexity index is 1050. The lowest BCUT2D eigenvalue weighted by Gasteiger charge is -2.36. The molecule has 2 aromatic carbocycles. The molecule has 0 aromatic heterocycles. The molecule has 0 spiro atoms. The molecular formula is C22H21ClFN3O3. The van der Waals surface area contributed by atoms with Gasteiger partial charge in [0.2, 0.25) is 0 Å². The number of urea groups is 1. The third kappa shape index (κ3) is 3.85. The lowest BCUT2D eigenvalue weighted by atomic mass is 9.94. The molecule has 4 rings (SSSR count). The molecular weight excluding hydrogens is 409 g/mol. The number of benzene rings is 2. The predicted octanol–water partition coefficient (Wildman–Crippen LogP) is 4.63. The van der Waals surface area contributed by atoms with Gasteiger partial charge in [0, 0.05) is 22.8 Å². The number of nitrogens with zero attached hydrogens (tertiary/aromatic N) is 1. The zero-order valence-corrected chi connectivity index (χ0v) is 17.3. The van der Waals surface area contributed by atoms with Crippen molar-refractivity contribution in [2.75, 3.05) is 12.4 Å². The van der Waals surface area contributed by atoms with Crippen LogP contribution in [0.4, 0.5) is 14.9 Å². The molecule has 0 bridgehead atoms. The number of ether oxygens (including phenoxy) is 1. The van der Waals surface area contributed by atoms with Crippen LogP contribution in [0.25, 0.3) is 0 Å². The molecule has 1 saturated carbocycles. The van der Waals surface area contributed by atoms with Crippen molar-refractivity contribution in [3.63, 3.8) is 0 Å². The van der Waals surface area contributed by atoms with Gasteiger partial charge in [-0.25, -0.2) is 9.18 Å². The van der Waals surface area contributed by atoms with Gasteiger partial charge in [-0.1, -0.05) is 23.7 Å². The molecule has 1 atom stereocenters. The maximum Gasteiger partial charge on any atom is 0.322 e. The van der Waals surface area contributed by atoms with Crippen LogP contribution < -0.4 is 15.4 Å². The highest BCUT2D eigenvalue weighted by molar-refractivity contribution is 6.30. The van der Waals surface area contributed by atoms with E-state index in [-0.39, 0.29) is 12.1 Å². The molecule has 1 fully saturated rings. The number of carbonyl (C=O) groups is 2. The molecule has 0 saturated heterocycles. The van der Waals surface area contributed by atoms with Crippen LogP contribution in [-0.4, -0.2) is 30.0 Å². The molecule has 1 heterocycles. The molecule has 6 nitrogen and oxygen atoms in total. The highest BCUT2D eigenvalue weighted by Crippen LogP contribution is 2.38. The summed E-state index contributed by atoms with van der Waals surface area (Å²) in [5.41, 5.74) is 1.84. The summed E-state index contributed by atoms with van der Waals surface area (Å²) in [6.45, 7) is 1.75. The summed E-state index contributed by atoms with van der Waals surface area (Å²) >= 11 is 6.01. The third-order valence-corrected chi connectivity index (χ3v) is 5.51. The average molecular weight is 430 g/mol. The molecule has 1 aliphatic carbocycles. The van der Waals surface area contributed by atoms with Crippen LogP contribution in [0.2, 0.25) is 5.02 Å². The molecule has 0 unspecified atom stereocenters. The van der Waals surface area contributed by atoms with E-state index in [2.05, 4.69) is 10.6 Å². The summed E-state index contributed by atoms with van der Waals surface area (Å²) < 4.78 is 19.2. The van der Waals surface area contributed by atoms with Crippen LogP contribution in [0.1, 0.15) is 31.4 Å². The number of hydrogen-bond donors (Lipinski definition) is 2. The van der Waals surface area contributed by atoms with Gasteiger partial charge in [0.05, 0.1) is 24.4 Å². The minimum Gasteiger partial charge on any atom is -0.495 e. The van der Waals surface area contributed by atoms with Gasteiger partial charge >= 0.3 is 6.03 Å². The number of hydrogen-bond acceptors (Lipinski definition) is 3. The van der Waals surface area contributed by atoms with E-state index in [1.54, 1.807) is 42.2 Å². The van der Waals surface area contributed by atoms with Gasteiger partial charge in [-0.3, -0.25) is 9.69 Å². The predicted molar refractivity (Wildman–Crippen MR) is 112 cm³/mol. The zero-order chi connectivity index (χ0) is 21.4.